The molecule has 0 bridgehead atoms. The first-order valence-corrected chi connectivity index (χ1v) is 5.76. The van der Waals surface area contributed by atoms with Gasteiger partial charge in [-0.2, -0.15) is 23.5 Å². The minimum Gasteiger partial charge on any atom is -0.380 e. The fraction of sp³-hybridized carbons (Fsp3) is 1.00. The van der Waals surface area contributed by atoms with Crippen molar-refractivity contribution in [2.45, 2.75) is 0 Å². The third-order valence-electron chi connectivity index (χ3n) is 0.864. The number of rotatable bonds is 6. The molecule has 56 valence electrons. The largest absolute Gasteiger partial charge is 0.380 e. The van der Waals surface area contributed by atoms with E-state index in [0.29, 0.717) is 0 Å². The highest BCUT2D eigenvalue weighted by atomic mass is 32.2. The van der Waals surface area contributed by atoms with E-state index in [1.54, 1.807) is 0 Å². The quantitative estimate of drug-likeness (QED) is 0.556. The highest BCUT2D eigenvalue weighted by Gasteiger charge is 1.84. The number of hydrogen-bond donors (Lipinski definition) is 0. The van der Waals surface area contributed by atoms with Crippen molar-refractivity contribution in [1.29, 1.82) is 0 Å². The maximum Gasteiger partial charge on any atom is 0.0557 e. The molecule has 0 spiro atoms. The second kappa shape index (κ2) is 8.66. The van der Waals surface area contributed by atoms with Crippen LogP contribution in [0.3, 0.4) is 0 Å². The Morgan fingerprint density at radius 1 is 1.00 bits per heavy atom. The Labute approximate surface area is 65.9 Å². The van der Waals surface area contributed by atoms with Crippen LogP contribution in [0.1, 0.15) is 0 Å². The van der Waals surface area contributed by atoms with Crippen LogP contribution in [0.5, 0.6) is 0 Å². The molecule has 1 nitrogen and oxygen atoms in total. The summed E-state index contributed by atoms with van der Waals surface area (Å²) in [5, 5.41) is 0. The molecule has 0 heterocycles. The van der Waals surface area contributed by atoms with Gasteiger partial charge in [-0.25, -0.2) is 0 Å². The van der Waals surface area contributed by atoms with Gasteiger partial charge in [0, 0.05) is 11.5 Å². The molecule has 9 heavy (non-hydrogen) atoms. The molecule has 0 aliphatic rings. The van der Waals surface area contributed by atoms with Crippen molar-refractivity contribution >= 4 is 23.5 Å². The van der Waals surface area contributed by atoms with Crippen LogP contribution in [-0.4, -0.2) is 37.2 Å². The molecular formula is C6H14OS2. The van der Waals surface area contributed by atoms with Gasteiger partial charge in [0.1, 0.15) is 0 Å². The summed E-state index contributed by atoms with van der Waals surface area (Å²) in [6.07, 6.45) is 4.19. The molecule has 0 saturated heterocycles. The molecule has 0 aliphatic heterocycles. The number of hydrogen-bond acceptors (Lipinski definition) is 3. The fourth-order valence-corrected chi connectivity index (χ4v) is 0.956. The molecule has 0 amide bonds. The fourth-order valence-electron chi connectivity index (χ4n) is 0.387. The normalized spacial score (nSPS) is 10.0. The lowest BCUT2D eigenvalue weighted by molar-refractivity contribution is 0.167. The van der Waals surface area contributed by atoms with Crippen molar-refractivity contribution in [2.75, 3.05) is 37.2 Å². The van der Waals surface area contributed by atoms with Crippen molar-refractivity contribution in [3.8, 4) is 0 Å². The van der Waals surface area contributed by atoms with Crippen LogP contribution in [0, 0.1) is 0 Å². The Hall–Kier alpha value is 0.660. The summed E-state index contributed by atoms with van der Waals surface area (Å²) in [5.41, 5.74) is 0. The van der Waals surface area contributed by atoms with Gasteiger partial charge < -0.3 is 4.74 Å². The first-order valence-electron chi connectivity index (χ1n) is 2.97. The maximum atomic E-state index is 5.27. The maximum absolute atomic E-state index is 5.27. The molecule has 0 atom stereocenters. The second-order valence-electron chi connectivity index (χ2n) is 1.60. The van der Waals surface area contributed by atoms with E-state index in [0.717, 1.165) is 24.7 Å². The summed E-state index contributed by atoms with van der Waals surface area (Å²) in [6.45, 7) is 1.81. The summed E-state index contributed by atoms with van der Waals surface area (Å²) in [5.74, 6) is 2.24. The summed E-state index contributed by atoms with van der Waals surface area (Å²) in [4.78, 5) is 0. The molecule has 0 aliphatic carbocycles. The lowest BCUT2D eigenvalue weighted by atomic mass is 10.8. The zero-order valence-electron chi connectivity index (χ0n) is 6.05. The van der Waals surface area contributed by atoms with Crippen molar-refractivity contribution in [2.24, 2.45) is 0 Å². The zero-order valence-corrected chi connectivity index (χ0v) is 7.69. The highest BCUT2D eigenvalue weighted by Crippen LogP contribution is 1.93. The van der Waals surface area contributed by atoms with Gasteiger partial charge in [-0.1, -0.05) is 0 Å². The lowest BCUT2D eigenvalue weighted by Gasteiger charge is -1.99. The smallest absolute Gasteiger partial charge is 0.0557 e. The van der Waals surface area contributed by atoms with Crippen molar-refractivity contribution in [3.05, 3.63) is 0 Å². The van der Waals surface area contributed by atoms with Crippen LogP contribution in [0.25, 0.3) is 0 Å². The lowest BCUT2D eigenvalue weighted by Crippen LogP contribution is -2.00. The van der Waals surface area contributed by atoms with Gasteiger partial charge in [-0.3, -0.25) is 0 Å². The van der Waals surface area contributed by atoms with Gasteiger partial charge in [0.25, 0.3) is 0 Å². The molecule has 0 aromatic carbocycles. The first-order chi connectivity index (χ1) is 4.41. The number of thioether (sulfide) groups is 2. The van der Waals surface area contributed by atoms with E-state index >= 15 is 0 Å². The topological polar surface area (TPSA) is 9.23 Å². The average molecular weight is 166 g/mol. The van der Waals surface area contributed by atoms with Gasteiger partial charge in [-0.15, -0.1) is 0 Å². The van der Waals surface area contributed by atoms with Crippen molar-refractivity contribution in [3.63, 3.8) is 0 Å². The van der Waals surface area contributed by atoms with E-state index in [1.165, 1.54) is 0 Å². The van der Waals surface area contributed by atoms with E-state index in [4.69, 9.17) is 4.74 Å². The molecule has 3 heteroatoms. The summed E-state index contributed by atoms with van der Waals surface area (Å²) in [6, 6.07) is 0. The molecule has 0 radical (unpaired) electrons. The zero-order chi connectivity index (χ0) is 6.95. The Kier molecular flexibility index (Phi) is 9.30. The van der Waals surface area contributed by atoms with Crippen LogP contribution in [0.2, 0.25) is 0 Å². The first kappa shape index (κ1) is 9.66. The summed E-state index contributed by atoms with van der Waals surface area (Å²) >= 11 is 3.66. The SMILES string of the molecule is CSCCOCCSC. The monoisotopic (exact) mass is 166 g/mol. The Balaban J connectivity index is 2.60. The van der Waals surface area contributed by atoms with Crippen LogP contribution < -0.4 is 0 Å². The van der Waals surface area contributed by atoms with Crippen molar-refractivity contribution < 1.29 is 4.74 Å². The van der Waals surface area contributed by atoms with Crippen LogP contribution >= 0.6 is 23.5 Å². The van der Waals surface area contributed by atoms with Crippen LogP contribution in [0.4, 0.5) is 0 Å². The van der Waals surface area contributed by atoms with Gasteiger partial charge >= 0.3 is 0 Å². The standard InChI is InChI=1S/C6H14OS2/c1-8-5-3-7-4-6-9-2/h3-6H2,1-2H3. The Bertz CT molecular complexity index is 44.3. The van der Waals surface area contributed by atoms with E-state index in [9.17, 15) is 0 Å². The summed E-state index contributed by atoms with van der Waals surface area (Å²) in [7, 11) is 0. The minimum absolute atomic E-state index is 0.904. The van der Waals surface area contributed by atoms with E-state index < -0.39 is 0 Å². The molecular weight excluding hydrogens is 152 g/mol. The second-order valence-corrected chi connectivity index (χ2v) is 3.57. The molecule has 0 aromatic rings. The van der Waals surface area contributed by atoms with Crippen LogP contribution in [-0.2, 0) is 4.74 Å². The van der Waals surface area contributed by atoms with Gasteiger partial charge in [0.05, 0.1) is 13.2 Å². The molecule has 0 saturated carbocycles. The van der Waals surface area contributed by atoms with Gasteiger partial charge in [-0.05, 0) is 12.5 Å². The molecule has 0 unspecified atom stereocenters. The molecule has 0 N–H and O–H groups in total. The molecule has 0 rings (SSSR count). The molecule has 0 fully saturated rings. The highest BCUT2D eigenvalue weighted by molar-refractivity contribution is 7.98. The average Bonchev–Trinajstić information content (AvgIpc) is 1.89. The van der Waals surface area contributed by atoms with Gasteiger partial charge in [0.15, 0.2) is 0 Å². The van der Waals surface area contributed by atoms with E-state index in [2.05, 4.69) is 12.5 Å². The van der Waals surface area contributed by atoms with Crippen molar-refractivity contribution in [1.82, 2.24) is 0 Å². The van der Waals surface area contributed by atoms with E-state index in [-0.39, 0.29) is 0 Å². The minimum atomic E-state index is 0.904. The predicted molar refractivity (Wildman–Crippen MR) is 47.6 cm³/mol. The third kappa shape index (κ3) is 8.66. The summed E-state index contributed by atoms with van der Waals surface area (Å²) < 4.78 is 5.27. The van der Waals surface area contributed by atoms with Gasteiger partial charge in [0.2, 0.25) is 0 Å². The third-order valence-corrected chi connectivity index (χ3v) is 2.01. The number of ether oxygens (including phenoxy) is 1. The Morgan fingerprint density at radius 2 is 1.44 bits per heavy atom. The molecule has 0 aromatic heterocycles. The Morgan fingerprint density at radius 3 is 1.78 bits per heavy atom. The van der Waals surface area contributed by atoms with Crippen LogP contribution in [0.15, 0.2) is 0 Å². The predicted octanol–water partition coefficient (Wildman–Crippen LogP) is 1.73. The van der Waals surface area contributed by atoms with E-state index in [1.807, 2.05) is 23.5 Å².